The van der Waals surface area contributed by atoms with Crippen molar-refractivity contribution >= 4 is 5.82 Å². The molecule has 2 aromatic rings. The quantitative estimate of drug-likeness (QED) is 0.769. The molecule has 0 amide bonds. The number of nitrogens with one attached hydrogen (secondary N) is 1. The first-order valence-electron chi connectivity index (χ1n) is 8.61. The summed E-state index contributed by atoms with van der Waals surface area (Å²) in [6.07, 6.45) is -0.562. The van der Waals surface area contributed by atoms with Crippen LogP contribution in [0.4, 0.5) is 5.82 Å². The number of nitrogens with zero attached hydrogens (tertiary/aromatic N) is 3. The molecule has 0 radical (unpaired) electrons. The van der Waals surface area contributed by atoms with E-state index in [0.29, 0.717) is 19.0 Å². The molecule has 1 unspecified atom stereocenters. The lowest BCUT2D eigenvalue weighted by molar-refractivity contribution is 0.174. The standard InChI is InChI=1S/C19H30N4O2/c1-13(2)18-16(19(22(3)4)23(5)21-18)11-20-12-17(24)14-7-9-15(25-6)10-8-14/h7-10,13,17,20,24H,11-12H2,1-6H3. The number of aliphatic hydroxyl groups is 1. The molecule has 25 heavy (non-hydrogen) atoms. The minimum atomic E-state index is -0.562. The Morgan fingerprint density at radius 1 is 1.24 bits per heavy atom. The zero-order valence-electron chi connectivity index (χ0n) is 16.1. The van der Waals surface area contributed by atoms with E-state index >= 15 is 0 Å². The first-order valence-corrected chi connectivity index (χ1v) is 8.61. The molecule has 0 aliphatic heterocycles. The topological polar surface area (TPSA) is 62.6 Å². The van der Waals surface area contributed by atoms with Gasteiger partial charge in [-0.2, -0.15) is 5.10 Å². The molecule has 1 aromatic carbocycles. The number of hydrogen-bond donors (Lipinski definition) is 2. The third-order valence-electron chi connectivity index (χ3n) is 4.25. The van der Waals surface area contributed by atoms with E-state index in [1.807, 2.05) is 50.1 Å². The minimum Gasteiger partial charge on any atom is -0.497 e. The van der Waals surface area contributed by atoms with Crippen LogP contribution in [-0.4, -0.2) is 42.6 Å². The van der Waals surface area contributed by atoms with E-state index < -0.39 is 6.10 Å². The summed E-state index contributed by atoms with van der Waals surface area (Å²) >= 11 is 0. The van der Waals surface area contributed by atoms with Crippen LogP contribution in [0.3, 0.4) is 0 Å². The Morgan fingerprint density at radius 2 is 1.88 bits per heavy atom. The van der Waals surface area contributed by atoms with Gasteiger partial charge in [0.15, 0.2) is 0 Å². The zero-order valence-corrected chi connectivity index (χ0v) is 16.1. The van der Waals surface area contributed by atoms with E-state index in [9.17, 15) is 5.11 Å². The van der Waals surface area contributed by atoms with E-state index in [4.69, 9.17) is 4.74 Å². The van der Waals surface area contributed by atoms with Crippen molar-refractivity contribution in [2.75, 3.05) is 32.6 Å². The van der Waals surface area contributed by atoms with Crippen LogP contribution < -0.4 is 15.0 Å². The second-order valence-corrected chi connectivity index (χ2v) is 6.78. The minimum absolute atomic E-state index is 0.350. The van der Waals surface area contributed by atoms with Crippen molar-refractivity contribution in [3.05, 3.63) is 41.1 Å². The lowest BCUT2D eigenvalue weighted by atomic mass is 10.0. The molecule has 138 valence electrons. The highest BCUT2D eigenvalue weighted by molar-refractivity contribution is 5.50. The predicted molar refractivity (Wildman–Crippen MR) is 101 cm³/mol. The first-order chi connectivity index (χ1) is 11.8. The molecule has 1 atom stereocenters. The van der Waals surface area contributed by atoms with E-state index in [1.165, 1.54) is 5.56 Å². The van der Waals surface area contributed by atoms with Gasteiger partial charge >= 0.3 is 0 Å². The van der Waals surface area contributed by atoms with Crippen molar-refractivity contribution in [3.63, 3.8) is 0 Å². The molecule has 2 N–H and O–H groups in total. The van der Waals surface area contributed by atoms with Crippen molar-refractivity contribution in [2.45, 2.75) is 32.4 Å². The Hall–Kier alpha value is -2.05. The molecular formula is C19H30N4O2. The first kappa shape index (κ1) is 19.3. The maximum atomic E-state index is 10.4. The van der Waals surface area contributed by atoms with Gasteiger partial charge in [0.1, 0.15) is 11.6 Å². The second-order valence-electron chi connectivity index (χ2n) is 6.78. The lowest BCUT2D eigenvalue weighted by Crippen LogP contribution is -2.23. The van der Waals surface area contributed by atoms with Crippen LogP contribution in [0.15, 0.2) is 24.3 Å². The smallest absolute Gasteiger partial charge is 0.130 e. The Balaban J connectivity index is 2.05. The number of aromatic nitrogens is 2. The Labute approximate surface area is 150 Å². The molecule has 0 bridgehead atoms. The summed E-state index contributed by atoms with van der Waals surface area (Å²) < 4.78 is 7.07. The van der Waals surface area contributed by atoms with E-state index in [0.717, 1.165) is 22.8 Å². The summed E-state index contributed by atoms with van der Waals surface area (Å²) in [7, 11) is 7.65. The fourth-order valence-electron chi connectivity index (χ4n) is 3.05. The Kier molecular flexibility index (Phi) is 6.45. The number of methoxy groups -OCH3 is 1. The van der Waals surface area contributed by atoms with Crippen LogP contribution in [0.1, 0.15) is 42.7 Å². The van der Waals surface area contributed by atoms with Crippen LogP contribution in [0.2, 0.25) is 0 Å². The number of benzene rings is 1. The van der Waals surface area contributed by atoms with Crippen molar-refractivity contribution in [1.82, 2.24) is 15.1 Å². The molecule has 1 aromatic heterocycles. The molecule has 2 rings (SSSR count). The van der Waals surface area contributed by atoms with Gasteiger partial charge < -0.3 is 20.1 Å². The van der Waals surface area contributed by atoms with Crippen LogP contribution >= 0.6 is 0 Å². The SMILES string of the molecule is COc1ccc(C(O)CNCc2c(C(C)C)nn(C)c2N(C)C)cc1. The summed E-state index contributed by atoms with van der Waals surface area (Å²) in [6.45, 7) is 5.45. The molecule has 6 nitrogen and oxygen atoms in total. The number of rotatable bonds is 8. The summed E-state index contributed by atoms with van der Waals surface area (Å²) in [6, 6.07) is 7.50. The summed E-state index contributed by atoms with van der Waals surface area (Å²) in [5, 5.41) is 18.4. The number of anilines is 1. The molecular weight excluding hydrogens is 316 g/mol. The lowest BCUT2D eigenvalue weighted by Gasteiger charge is -2.17. The molecule has 0 aliphatic rings. The predicted octanol–water partition coefficient (Wildman–Crippen LogP) is 2.44. The van der Waals surface area contributed by atoms with Gasteiger partial charge in [0.2, 0.25) is 0 Å². The molecule has 0 aliphatic carbocycles. The molecule has 0 spiro atoms. The van der Waals surface area contributed by atoms with Crippen molar-refractivity contribution in [1.29, 1.82) is 0 Å². The van der Waals surface area contributed by atoms with Gasteiger partial charge in [-0.15, -0.1) is 0 Å². The normalized spacial score (nSPS) is 12.5. The average Bonchev–Trinajstić information content (AvgIpc) is 2.91. The summed E-state index contributed by atoms with van der Waals surface area (Å²) in [5.41, 5.74) is 3.15. The van der Waals surface area contributed by atoms with E-state index in [2.05, 4.69) is 29.2 Å². The Bertz CT molecular complexity index is 677. The summed E-state index contributed by atoms with van der Waals surface area (Å²) in [5.74, 6) is 2.23. The Morgan fingerprint density at radius 3 is 2.40 bits per heavy atom. The van der Waals surface area contributed by atoms with Crippen LogP contribution in [0, 0.1) is 0 Å². The fourth-order valence-corrected chi connectivity index (χ4v) is 3.05. The fraction of sp³-hybridized carbons (Fsp3) is 0.526. The number of hydrogen-bond acceptors (Lipinski definition) is 5. The molecule has 1 heterocycles. The number of aryl methyl sites for hydroxylation is 1. The maximum absolute atomic E-state index is 10.4. The molecule has 0 saturated carbocycles. The highest BCUT2D eigenvalue weighted by atomic mass is 16.5. The molecule has 0 saturated heterocycles. The largest absolute Gasteiger partial charge is 0.497 e. The van der Waals surface area contributed by atoms with Gasteiger partial charge in [-0.05, 0) is 23.6 Å². The maximum Gasteiger partial charge on any atom is 0.130 e. The van der Waals surface area contributed by atoms with Crippen LogP contribution in [0.25, 0.3) is 0 Å². The van der Waals surface area contributed by atoms with Crippen molar-refractivity contribution < 1.29 is 9.84 Å². The van der Waals surface area contributed by atoms with Gasteiger partial charge in [-0.1, -0.05) is 26.0 Å². The monoisotopic (exact) mass is 346 g/mol. The second kappa shape index (κ2) is 8.36. The van der Waals surface area contributed by atoms with Gasteiger partial charge in [0, 0.05) is 39.8 Å². The molecule has 0 fully saturated rings. The third-order valence-corrected chi connectivity index (χ3v) is 4.25. The van der Waals surface area contributed by atoms with Crippen LogP contribution in [-0.2, 0) is 13.6 Å². The van der Waals surface area contributed by atoms with Gasteiger partial charge in [0.25, 0.3) is 0 Å². The van der Waals surface area contributed by atoms with Gasteiger partial charge in [-0.25, -0.2) is 0 Å². The third kappa shape index (κ3) is 4.52. The highest BCUT2D eigenvalue weighted by Crippen LogP contribution is 2.27. The van der Waals surface area contributed by atoms with Crippen molar-refractivity contribution in [3.8, 4) is 5.75 Å². The van der Waals surface area contributed by atoms with E-state index in [1.54, 1.807) is 7.11 Å². The van der Waals surface area contributed by atoms with Gasteiger partial charge in [0.05, 0.1) is 18.9 Å². The number of ether oxygens (including phenoxy) is 1. The molecule has 6 heteroatoms. The number of aliphatic hydroxyl groups excluding tert-OH is 1. The van der Waals surface area contributed by atoms with Crippen molar-refractivity contribution in [2.24, 2.45) is 7.05 Å². The van der Waals surface area contributed by atoms with E-state index in [-0.39, 0.29) is 0 Å². The average molecular weight is 346 g/mol. The van der Waals surface area contributed by atoms with Crippen LogP contribution in [0.5, 0.6) is 5.75 Å². The highest BCUT2D eigenvalue weighted by Gasteiger charge is 2.20. The summed E-state index contributed by atoms with van der Waals surface area (Å²) in [4.78, 5) is 2.08. The zero-order chi connectivity index (χ0) is 18.6. The van der Waals surface area contributed by atoms with Gasteiger partial charge in [-0.3, -0.25) is 4.68 Å².